The summed E-state index contributed by atoms with van der Waals surface area (Å²) in [7, 11) is 0. The van der Waals surface area contributed by atoms with Crippen LogP contribution in [-0.2, 0) is 24.0 Å². The summed E-state index contributed by atoms with van der Waals surface area (Å²) in [5.74, 6) is -0.231. The monoisotopic (exact) mass is 428 g/mol. The molecule has 0 spiro atoms. The molecule has 4 nitrogen and oxygen atoms in total. The van der Waals surface area contributed by atoms with E-state index in [-0.39, 0.29) is 5.97 Å². The van der Waals surface area contributed by atoms with Crippen molar-refractivity contribution in [1.29, 1.82) is 0 Å². The number of aryl methyl sites for hydroxylation is 1. The van der Waals surface area contributed by atoms with E-state index in [0.29, 0.717) is 23.3 Å². The normalized spacial score (nSPS) is 18.4. The highest BCUT2D eigenvalue weighted by Crippen LogP contribution is 2.39. The minimum atomic E-state index is -0.231. The Kier molecular flexibility index (Phi) is 6.20. The SMILES string of the molecule is CCOC(=O)c1c(NC(=S)N2c3ccccc3CC2C)sc2c1CCCCCC2. The van der Waals surface area contributed by atoms with Crippen LogP contribution >= 0.6 is 23.6 Å². The summed E-state index contributed by atoms with van der Waals surface area (Å²) in [5.41, 5.74) is 4.35. The van der Waals surface area contributed by atoms with E-state index < -0.39 is 0 Å². The number of thiophene rings is 1. The van der Waals surface area contributed by atoms with Gasteiger partial charge in [0.1, 0.15) is 5.00 Å². The first-order chi connectivity index (χ1) is 14.1. The molecule has 0 radical (unpaired) electrons. The molecule has 0 bridgehead atoms. The summed E-state index contributed by atoms with van der Waals surface area (Å²) >= 11 is 7.51. The largest absolute Gasteiger partial charge is 0.462 e. The van der Waals surface area contributed by atoms with Gasteiger partial charge in [-0.3, -0.25) is 0 Å². The molecule has 2 heterocycles. The van der Waals surface area contributed by atoms with Crippen LogP contribution in [0.5, 0.6) is 0 Å². The quantitative estimate of drug-likeness (QED) is 0.499. The number of carbonyl (C=O) groups excluding carboxylic acids is 1. The lowest BCUT2D eigenvalue weighted by molar-refractivity contribution is 0.0526. The van der Waals surface area contributed by atoms with Crippen LogP contribution in [0.4, 0.5) is 10.7 Å². The van der Waals surface area contributed by atoms with Gasteiger partial charge in [-0.1, -0.05) is 31.0 Å². The first-order valence-electron chi connectivity index (χ1n) is 10.6. The molecule has 2 aromatic rings. The second kappa shape index (κ2) is 8.84. The summed E-state index contributed by atoms with van der Waals surface area (Å²) in [4.78, 5) is 16.3. The number of rotatable bonds is 3. The van der Waals surface area contributed by atoms with Gasteiger partial charge >= 0.3 is 5.97 Å². The first-order valence-corrected chi connectivity index (χ1v) is 11.8. The number of nitrogens with zero attached hydrogens (tertiary/aromatic N) is 1. The number of hydrogen-bond acceptors (Lipinski definition) is 4. The second-order valence-corrected chi connectivity index (χ2v) is 9.32. The Bertz CT molecular complexity index is 922. The molecule has 0 amide bonds. The first kappa shape index (κ1) is 20.4. The summed E-state index contributed by atoms with van der Waals surface area (Å²) in [6.45, 7) is 4.42. The standard InChI is InChI=1S/C23H28N2O2S2/c1-3-27-22(26)20-17-11-6-4-5-7-13-19(17)29-21(20)24-23(28)25-15(2)14-16-10-8-9-12-18(16)25/h8-10,12,15H,3-7,11,13-14H2,1-2H3,(H,24,28). The van der Waals surface area contributed by atoms with Crippen molar-refractivity contribution in [2.45, 2.75) is 64.8 Å². The lowest BCUT2D eigenvalue weighted by atomic mass is 9.96. The van der Waals surface area contributed by atoms with Gasteiger partial charge in [0.05, 0.1) is 12.2 Å². The highest BCUT2D eigenvalue weighted by atomic mass is 32.1. The summed E-state index contributed by atoms with van der Waals surface area (Å²) in [6.07, 6.45) is 7.73. The molecule has 154 valence electrons. The Morgan fingerprint density at radius 1 is 1.24 bits per heavy atom. The molecule has 6 heteroatoms. The lowest BCUT2D eigenvalue weighted by Gasteiger charge is -2.26. The molecule has 1 atom stereocenters. The zero-order valence-corrected chi connectivity index (χ0v) is 18.8. The van der Waals surface area contributed by atoms with Gasteiger partial charge in [-0.15, -0.1) is 11.3 Å². The number of esters is 1. The predicted octanol–water partition coefficient (Wildman–Crippen LogP) is 5.73. The Hall–Kier alpha value is -1.92. The van der Waals surface area contributed by atoms with E-state index in [9.17, 15) is 4.79 Å². The maximum Gasteiger partial charge on any atom is 0.341 e. The number of fused-ring (bicyclic) bond motifs is 2. The molecule has 1 aliphatic carbocycles. The number of nitrogens with one attached hydrogen (secondary N) is 1. The lowest BCUT2D eigenvalue weighted by Crippen LogP contribution is -2.39. The van der Waals surface area contributed by atoms with Crippen molar-refractivity contribution >= 4 is 45.3 Å². The summed E-state index contributed by atoms with van der Waals surface area (Å²) in [6, 6.07) is 8.69. The van der Waals surface area contributed by atoms with Crippen LogP contribution in [-0.4, -0.2) is 23.7 Å². The number of thiocarbonyl (C=S) groups is 1. The van der Waals surface area contributed by atoms with E-state index in [0.717, 1.165) is 36.4 Å². The predicted molar refractivity (Wildman–Crippen MR) is 124 cm³/mol. The summed E-state index contributed by atoms with van der Waals surface area (Å²) < 4.78 is 5.42. The molecule has 1 unspecified atom stereocenters. The molecule has 1 N–H and O–H groups in total. The van der Waals surface area contributed by atoms with Gasteiger partial charge in [0.25, 0.3) is 0 Å². The molecule has 2 aliphatic rings. The molecule has 29 heavy (non-hydrogen) atoms. The van der Waals surface area contributed by atoms with E-state index in [1.807, 2.05) is 13.0 Å². The fourth-order valence-electron chi connectivity index (χ4n) is 4.46. The van der Waals surface area contributed by atoms with E-state index >= 15 is 0 Å². The van der Waals surface area contributed by atoms with Crippen LogP contribution in [0, 0.1) is 0 Å². The van der Waals surface area contributed by atoms with Crippen LogP contribution < -0.4 is 10.2 Å². The minimum absolute atomic E-state index is 0.231. The van der Waals surface area contributed by atoms with Crippen molar-refractivity contribution in [3.63, 3.8) is 0 Å². The van der Waals surface area contributed by atoms with E-state index in [2.05, 4.69) is 35.3 Å². The van der Waals surface area contributed by atoms with Gasteiger partial charge < -0.3 is 15.0 Å². The Morgan fingerprint density at radius 3 is 2.79 bits per heavy atom. The van der Waals surface area contributed by atoms with E-state index in [4.69, 9.17) is 17.0 Å². The third-order valence-corrected chi connectivity index (χ3v) is 7.30. The Morgan fingerprint density at radius 2 is 2.00 bits per heavy atom. The Labute approximate surface area is 182 Å². The second-order valence-electron chi connectivity index (χ2n) is 7.82. The molecule has 1 aromatic carbocycles. The van der Waals surface area contributed by atoms with Crippen molar-refractivity contribution in [1.82, 2.24) is 0 Å². The van der Waals surface area contributed by atoms with Crippen LogP contribution in [0.3, 0.4) is 0 Å². The van der Waals surface area contributed by atoms with Crippen LogP contribution in [0.15, 0.2) is 24.3 Å². The average molecular weight is 429 g/mol. The fraction of sp³-hybridized carbons (Fsp3) is 0.478. The van der Waals surface area contributed by atoms with E-state index in [1.165, 1.54) is 35.3 Å². The topological polar surface area (TPSA) is 41.6 Å². The van der Waals surface area contributed by atoms with Crippen LogP contribution in [0.2, 0.25) is 0 Å². The zero-order chi connectivity index (χ0) is 20.4. The number of hydrogen-bond donors (Lipinski definition) is 1. The molecule has 4 rings (SSSR count). The van der Waals surface area contributed by atoms with Gasteiger partial charge in [0, 0.05) is 16.6 Å². The molecule has 0 fully saturated rings. The molecular formula is C23H28N2O2S2. The highest BCUT2D eigenvalue weighted by Gasteiger charge is 2.31. The maximum atomic E-state index is 12.8. The van der Waals surface area contributed by atoms with Gasteiger partial charge in [-0.05, 0) is 75.4 Å². The maximum absolute atomic E-state index is 12.8. The Balaban J connectivity index is 1.66. The molecule has 0 saturated carbocycles. The molecule has 1 aromatic heterocycles. The number of ether oxygens (including phenoxy) is 1. The molecule has 0 saturated heterocycles. The zero-order valence-electron chi connectivity index (χ0n) is 17.1. The number of anilines is 2. The van der Waals surface area contributed by atoms with Crippen molar-refractivity contribution in [3.05, 3.63) is 45.8 Å². The number of carbonyl (C=O) groups is 1. The smallest absolute Gasteiger partial charge is 0.341 e. The molecular weight excluding hydrogens is 400 g/mol. The third kappa shape index (κ3) is 4.05. The van der Waals surface area contributed by atoms with Crippen molar-refractivity contribution in [2.75, 3.05) is 16.8 Å². The number of para-hydroxylation sites is 1. The van der Waals surface area contributed by atoms with Gasteiger partial charge in [0.15, 0.2) is 5.11 Å². The highest BCUT2D eigenvalue weighted by molar-refractivity contribution is 7.80. The average Bonchev–Trinajstić information content (AvgIpc) is 3.18. The van der Waals surface area contributed by atoms with Crippen LogP contribution in [0.1, 0.15) is 65.9 Å². The van der Waals surface area contributed by atoms with Crippen molar-refractivity contribution in [3.8, 4) is 0 Å². The minimum Gasteiger partial charge on any atom is -0.462 e. The van der Waals surface area contributed by atoms with Crippen molar-refractivity contribution < 1.29 is 9.53 Å². The van der Waals surface area contributed by atoms with Gasteiger partial charge in [-0.25, -0.2) is 4.79 Å². The van der Waals surface area contributed by atoms with Crippen molar-refractivity contribution in [2.24, 2.45) is 0 Å². The van der Waals surface area contributed by atoms with Gasteiger partial charge in [-0.2, -0.15) is 0 Å². The van der Waals surface area contributed by atoms with E-state index in [1.54, 1.807) is 11.3 Å². The third-order valence-electron chi connectivity index (χ3n) is 5.80. The molecule has 1 aliphatic heterocycles. The number of benzene rings is 1. The summed E-state index contributed by atoms with van der Waals surface area (Å²) in [5, 5.41) is 4.94. The fourth-order valence-corrected chi connectivity index (χ4v) is 6.18. The van der Waals surface area contributed by atoms with Gasteiger partial charge in [0.2, 0.25) is 0 Å². The van der Waals surface area contributed by atoms with Crippen LogP contribution in [0.25, 0.3) is 0 Å².